The summed E-state index contributed by atoms with van der Waals surface area (Å²) >= 11 is 0. The number of carbonyl (C=O) groups excluding carboxylic acids is 2. The molecule has 0 heterocycles. The van der Waals surface area contributed by atoms with Crippen LogP contribution in [-0.4, -0.2) is 48.7 Å². The summed E-state index contributed by atoms with van der Waals surface area (Å²) in [5, 5.41) is 0. The Morgan fingerprint density at radius 3 is 1.55 bits per heavy atom. The summed E-state index contributed by atoms with van der Waals surface area (Å²) < 4.78 is 10.1. The van der Waals surface area contributed by atoms with Gasteiger partial charge in [-0.05, 0) is 12.8 Å². The molecular formula is C14H28N2O4S2. The third kappa shape index (κ3) is 11.2. The van der Waals surface area contributed by atoms with Crippen molar-refractivity contribution in [2.75, 3.05) is 24.7 Å². The molecule has 0 unspecified atom stereocenters. The average Bonchev–Trinajstić information content (AvgIpc) is 2.51. The zero-order valence-electron chi connectivity index (χ0n) is 13.4. The van der Waals surface area contributed by atoms with Crippen LogP contribution in [0.3, 0.4) is 0 Å². The Kier molecular flexibility index (Phi) is 13.9. The van der Waals surface area contributed by atoms with Gasteiger partial charge in [-0.25, -0.2) is 0 Å². The van der Waals surface area contributed by atoms with Crippen molar-refractivity contribution in [2.45, 2.75) is 51.6 Å². The maximum Gasteiger partial charge on any atom is 0.323 e. The molecule has 0 aliphatic rings. The van der Waals surface area contributed by atoms with Gasteiger partial charge in [-0.3, -0.25) is 9.59 Å². The van der Waals surface area contributed by atoms with Crippen LogP contribution in [0.1, 0.15) is 39.5 Å². The third-order valence-electron chi connectivity index (χ3n) is 2.67. The Labute approximate surface area is 140 Å². The molecule has 0 spiro atoms. The molecule has 0 aliphatic carbocycles. The standard InChI is InChI=1S/C14H28N2O4S2/c1-3-5-7-19-13(17)11(15)9-21-22-10-12(16)14(18)20-8-6-4-2/h11-12H,3-10,15-16H2,1-2H3/t11-,12-/m0/s1. The highest BCUT2D eigenvalue weighted by atomic mass is 33.1. The first-order valence-electron chi connectivity index (χ1n) is 7.61. The van der Waals surface area contributed by atoms with Gasteiger partial charge in [-0.15, -0.1) is 0 Å². The van der Waals surface area contributed by atoms with Gasteiger partial charge >= 0.3 is 11.9 Å². The van der Waals surface area contributed by atoms with E-state index in [0.717, 1.165) is 25.7 Å². The molecule has 4 N–H and O–H groups in total. The number of unbranched alkanes of at least 4 members (excludes halogenated alkanes) is 2. The highest BCUT2D eigenvalue weighted by molar-refractivity contribution is 8.76. The Hall–Kier alpha value is -0.440. The maximum atomic E-state index is 11.5. The SMILES string of the molecule is CCCCOC(=O)[C@@H](N)CSSC[C@H](N)C(=O)OCCCC. The Balaban J connectivity index is 3.69. The van der Waals surface area contributed by atoms with Crippen LogP contribution in [0, 0.1) is 0 Å². The van der Waals surface area contributed by atoms with E-state index >= 15 is 0 Å². The lowest BCUT2D eigenvalue weighted by molar-refractivity contribution is -0.145. The molecule has 2 atom stereocenters. The molecule has 0 radical (unpaired) electrons. The van der Waals surface area contributed by atoms with Crippen LogP contribution in [-0.2, 0) is 19.1 Å². The molecule has 0 aliphatic heterocycles. The molecule has 0 fully saturated rings. The van der Waals surface area contributed by atoms with Crippen molar-refractivity contribution in [3.63, 3.8) is 0 Å². The van der Waals surface area contributed by atoms with Gasteiger partial charge in [0.1, 0.15) is 12.1 Å². The van der Waals surface area contributed by atoms with Gasteiger partial charge in [0.15, 0.2) is 0 Å². The second kappa shape index (κ2) is 14.2. The second-order valence-electron chi connectivity index (χ2n) is 4.82. The van der Waals surface area contributed by atoms with E-state index in [2.05, 4.69) is 0 Å². The van der Waals surface area contributed by atoms with Gasteiger partial charge in [-0.2, -0.15) is 0 Å². The quantitative estimate of drug-likeness (QED) is 0.293. The molecule has 0 aromatic rings. The molecule has 6 nitrogen and oxygen atoms in total. The Morgan fingerprint density at radius 2 is 1.23 bits per heavy atom. The molecule has 8 heteroatoms. The smallest absolute Gasteiger partial charge is 0.323 e. The summed E-state index contributed by atoms with van der Waals surface area (Å²) in [6, 6.07) is -1.30. The molecule has 0 aromatic heterocycles. The molecule has 130 valence electrons. The Bertz CT molecular complexity index is 289. The molecule has 0 rings (SSSR count). The first-order valence-corrected chi connectivity index (χ1v) is 10.1. The van der Waals surface area contributed by atoms with Crippen LogP contribution in [0.25, 0.3) is 0 Å². The van der Waals surface area contributed by atoms with Crippen molar-refractivity contribution in [1.29, 1.82) is 0 Å². The van der Waals surface area contributed by atoms with Gasteiger partial charge < -0.3 is 20.9 Å². The first-order chi connectivity index (χ1) is 10.5. The number of rotatable bonds is 13. The van der Waals surface area contributed by atoms with Crippen molar-refractivity contribution in [3.8, 4) is 0 Å². The minimum atomic E-state index is -0.651. The number of hydrogen-bond donors (Lipinski definition) is 2. The lowest BCUT2D eigenvalue weighted by atomic mass is 10.3. The number of hydrogen-bond acceptors (Lipinski definition) is 8. The van der Waals surface area contributed by atoms with Crippen LogP contribution < -0.4 is 11.5 Å². The molecule has 0 aromatic carbocycles. The summed E-state index contributed by atoms with van der Waals surface area (Å²) in [5.74, 6) is 0.0788. The molecule has 0 saturated heterocycles. The number of ether oxygens (including phenoxy) is 2. The minimum Gasteiger partial charge on any atom is -0.465 e. The normalized spacial score (nSPS) is 13.5. The summed E-state index contributed by atoms with van der Waals surface area (Å²) in [5.41, 5.74) is 11.5. The predicted molar refractivity (Wildman–Crippen MR) is 92.6 cm³/mol. The second-order valence-corrected chi connectivity index (χ2v) is 7.38. The van der Waals surface area contributed by atoms with Gasteiger partial charge in [0.2, 0.25) is 0 Å². The summed E-state index contributed by atoms with van der Waals surface area (Å²) in [6.45, 7) is 4.87. The van der Waals surface area contributed by atoms with Crippen LogP contribution in [0.5, 0.6) is 0 Å². The summed E-state index contributed by atoms with van der Waals surface area (Å²) in [6.07, 6.45) is 3.63. The molecule has 22 heavy (non-hydrogen) atoms. The average molecular weight is 353 g/mol. The van der Waals surface area contributed by atoms with E-state index in [9.17, 15) is 9.59 Å². The lowest BCUT2D eigenvalue weighted by Gasteiger charge is -2.12. The van der Waals surface area contributed by atoms with Crippen LogP contribution in [0.15, 0.2) is 0 Å². The van der Waals surface area contributed by atoms with Crippen molar-refractivity contribution < 1.29 is 19.1 Å². The van der Waals surface area contributed by atoms with Crippen molar-refractivity contribution in [2.24, 2.45) is 11.5 Å². The van der Waals surface area contributed by atoms with Gasteiger partial charge in [-0.1, -0.05) is 48.3 Å². The third-order valence-corrected chi connectivity index (χ3v) is 5.14. The zero-order chi connectivity index (χ0) is 16.8. The van der Waals surface area contributed by atoms with E-state index < -0.39 is 12.1 Å². The lowest BCUT2D eigenvalue weighted by Crippen LogP contribution is -2.35. The van der Waals surface area contributed by atoms with Crippen molar-refractivity contribution in [3.05, 3.63) is 0 Å². The molecule has 0 saturated carbocycles. The topological polar surface area (TPSA) is 105 Å². The van der Waals surface area contributed by atoms with E-state index in [0.29, 0.717) is 24.7 Å². The van der Waals surface area contributed by atoms with Gasteiger partial charge in [0, 0.05) is 11.5 Å². The van der Waals surface area contributed by atoms with Crippen LogP contribution in [0.2, 0.25) is 0 Å². The number of nitrogens with two attached hydrogens (primary N) is 2. The van der Waals surface area contributed by atoms with E-state index in [-0.39, 0.29) is 11.9 Å². The fourth-order valence-electron chi connectivity index (χ4n) is 1.23. The van der Waals surface area contributed by atoms with E-state index in [1.807, 2.05) is 13.8 Å². The van der Waals surface area contributed by atoms with E-state index in [1.54, 1.807) is 0 Å². The number of carbonyl (C=O) groups is 2. The summed E-state index contributed by atoms with van der Waals surface area (Å²) in [7, 11) is 2.81. The van der Waals surface area contributed by atoms with Gasteiger partial charge in [0.25, 0.3) is 0 Å². The van der Waals surface area contributed by atoms with Crippen molar-refractivity contribution >= 4 is 33.5 Å². The van der Waals surface area contributed by atoms with Crippen LogP contribution >= 0.6 is 21.6 Å². The summed E-state index contributed by atoms with van der Waals surface area (Å²) in [4.78, 5) is 23.1. The molecular weight excluding hydrogens is 324 g/mol. The monoisotopic (exact) mass is 352 g/mol. The fourth-order valence-corrected chi connectivity index (χ4v) is 3.44. The Morgan fingerprint density at radius 1 is 0.864 bits per heavy atom. The predicted octanol–water partition coefficient (Wildman–Crippen LogP) is 1.71. The number of esters is 2. The van der Waals surface area contributed by atoms with E-state index in [4.69, 9.17) is 20.9 Å². The minimum absolute atomic E-state index is 0.384. The fraction of sp³-hybridized carbons (Fsp3) is 0.857. The molecule has 0 bridgehead atoms. The van der Waals surface area contributed by atoms with Crippen LogP contribution in [0.4, 0.5) is 0 Å². The zero-order valence-corrected chi connectivity index (χ0v) is 15.0. The van der Waals surface area contributed by atoms with Crippen molar-refractivity contribution in [1.82, 2.24) is 0 Å². The highest BCUT2D eigenvalue weighted by Crippen LogP contribution is 2.22. The van der Waals surface area contributed by atoms with E-state index in [1.165, 1.54) is 21.6 Å². The maximum absolute atomic E-state index is 11.5. The molecule has 0 amide bonds. The largest absolute Gasteiger partial charge is 0.465 e. The van der Waals surface area contributed by atoms with Gasteiger partial charge in [0.05, 0.1) is 13.2 Å². The first kappa shape index (κ1) is 21.6. The highest BCUT2D eigenvalue weighted by Gasteiger charge is 2.17.